The zero-order valence-electron chi connectivity index (χ0n) is 50.4. The first-order valence-corrected chi connectivity index (χ1v) is 31.8. The number of imide groups is 1. The summed E-state index contributed by atoms with van der Waals surface area (Å²) in [4.78, 5) is 143. The second-order valence-electron chi connectivity index (χ2n) is 23.6. The molecule has 3 aromatic heterocycles. The van der Waals surface area contributed by atoms with Crippen LogP contribution in [0.5, 0.6) is 5.75 Å². The molecule has 3 aliphatic heterocycles. The predicted octanol–water partition coefficient (Wildman–Crippen LogP) is 10.2. The van der Waals surface area contributed by atoms with Crippen LogP contribution in [0.1, 0.15) is 121 Å². The van der Waals surface area contributed by atoms with E-state index < -0.39 is 36.0 Å². The smallest absolute Gasteiger partial charge is 0.415 e. The van der Waals surface area contributed by atoms with Crippen LogP contribution >= 0.6 is 22.9 Å². The topological polar surface area (TPSA) is 284 Å². The number of carbonyl (C=O) groups is 10. The molecule has 0 aliphatic carbocycles. The summed E-state index contributed by atoms with van der Waals surface area (Å²) in [6.07, 6.45) is 4.32. The SMILES string of the molecule is Cc1csc2c(OC(=O)N3CCN(C(=O)OCc4ccc(NC(=O)[C@H](CCCCC(N)=O)CC(=O)[C@@H](NC(=O)CCCCCN5C(=O)C=CC5=O)C(C)C)cc4)CC3)cc3c(c12)[C@@H](CCl)CN3C(=O)c1cc2cc(CC(=O)c3cc4ccccc4[nH]3)ccc2[nH]1. The van der Waals surface area contributed by atoms with E-state index in [4.69, 9.17) is 26.8 Å². The van der Waals surface area contributed by atoms with E-state index in [1.807, 2.05) is 74.7 Å². The number of alkyl halides is 1. The van der Waals surface area contributed by atoms with Crippen molar-refractivity contribution in [1.82, 2.24) is 30.0 Å². The van der Waals surface area contributed by atoms with E-state index in [0.717, 1.165) is 53.5 Å². The van der Waals surface area contributed by atoms with Crippen LogP contribution in [-0.2, 0) is 46.5 Å². The molecule has 3 aliphatic rings. The Morgan fingerprint density at radius 1 is 0.767 bits per heavy atom. The number of nitrogens with one attached hydrogen (secondary N) is 4. The number of piperazine rings is 1. The second-order valence-corrected chi connectivity index (χ2v) is 24.8. The summed E-state index contributed by atoms with van der Waals surface area (Å²) in [6, 6.07) is 24.6. The summed E-state index contributed by atoms with van der Waals surface area (Å²) in [6.45, 7) is 6.75. The third-order valence-corrected chi connectivity index (χ3v) is 18.3. The molecule has 4 aromatic carbocycles. The quantitative estimate of drug-likeness (QED) is 0.0147. The van der Waals surface area contributed by atoms with Gasteiger partial charge in [0.1, 0.15) is 12.3 Å². The van der Waals surface area contributed by atoms with Gasteiger partial charge in [0, 0.05) is 134 Å². The number of anilines is 2. The zero-order valence-corrected chi connectivity index (χ0v) is 52.0. The van der Waals surface area contributed by atoms with Gasteiger partial charge in [0.05, 0.1) is 22.1 Å². The molecule has 0 unspecified atom stereocenters. The van der Waals surface area contributed by atoms with Gasteiger partial charge in [0.25, 0.3) is 17.7 Å². The number of aryl methyl sites for hydroxylation is 1. The Bertz CT molecular complexity index is 3900. The van der Waals surface area contributed by atoms with E-state index >= 15 is 0 Å². The fraction of sp³-hybridized carbons (Fsp3) is 0.373. The molecule has 0 saturated carbocycles. The van der Waals surface area contributed by atoms with Crippen LogP contribution in [0.15, 0.2) is 102 Å². The molecule has 0 radical (unpaired) electrons. The number of H-pyrrole nitrogens is 2. The number of rotatable bonds is 26. The molecule has 8 amide bonds. The number of aromatic amines is 2. The molecule has 470 valence electrons. The van der Waals surface area contributed by atoms with E-state index in [1.165, 1.54) is 33.3 Å². The van der Waals surface area contributed by atoms with Crippen molar-refractivity contribution in [3.8, 4) is 5.75 Å². The highest BCUT2D eigenvalue weighted by atomic mass is 35.5. The lowest BCUT2D eigenvalue weighted by molar-refractivity contribution is -0.137. The molecule has 21 nitrogen and oxygen atoms in total. The van der Waals surface area contributed by atoms with Gasteiger partial charge in [-0.3, -0.25) is 43.3 Å². The number of para-hydroxylation sites is 1. The predicted molar refractivity (Wildman–Crippen MR) is 343 cm³/mol. The highest BCUT2D eigenvalue weighted by molar-refractivity contribution is 7.17. The fourth-order valence-corrected chi connectivity index (χ4v) is 13.2. The lowest BCUT2D eigenvalue weighted by atomic mass is 9.88. The van der Waals surface area contributed by atoms with Crippen molar-refractivity contribution in [2.75, 3.05) is 55.4 Å². The van der Waals surface area contributed by atoms with Crippen LogP contribution in [0.3, 0.4) is 0 Å². The van der Waals surface area contributed by atoms with Crippen LogP contribution in [-0.4, -0.2) is 135 Å². The number of benzene rings is 4. The minimum atomic E-state index is -0.853. The van der Waals surface area contributed by atoms with Gasteiger partial charge in [-0.15, -0.1) is 22.9 Å². The number of carbonyl (C=O) groups excluding carboxylic acids is 10. The van der Waals surface area contributed by atoms with Crippen molar-refractivity contribution in [1.29, 1.82) is 0 Å². The minimum Gasteiger partial charge on any atom is -0.445 e. The first kappa shape index (κ1) is 63.9. The maximum Gasteiger partial charge on any atom is 0.415 e. The van der Waals surface area contributed by atoms with Crippen LogP contribution in [0, 0.1) is 18.8 Å². The molecular formula is C67H72ClN9O12S. The molecule has 0 bridgehead atoms. The Morgan fingerprint density at radius 3 is 2.16 bits per heavy atom. The number of aromatic nitrogens is 2. The molecule has 1 saturated heterocycles. The first-order chi connectivity index (χ1) is 43.3. The molecular weight excluding hydrogens is 1190 g/mol. The number of amides is 8. The molecule has 23 heteroatoms. The lowest BCUT2D eigenvalue weighted by Gasteiger charge is -2.33. The van der Waals surface area contributed by atoms with E-state index in [2.05, 4.69) is 20.6 Å². The number of nitrogens with two attached hydrogens (primary N) is 1. The van der Waals surface area contributed by atoms with Crippen LogP contribution in [0.25, 0.3) is 31.9 Å². The average molecular weight is 1260 g/mol. The number of fused-ring (bicyclic) bond motifs is 5. The second kappa shape index (κ2) is 28.6. The van der Waals surface area contributed by atoms with Crippen LogP contribution in [0.2, 0.25) is 0 Å². The number of ether oxygens (including phenoxy) is 2. The highest BCUT2D eigenvalue weighted by Crippen LogP contribution is 2.49. The number of unbranched alkanes of at least 4 members (excludes halogenated alkanes) is 3. The van der Waals surface area contributed by atoms with Crippen molar-refractivity contribution in [3.05, 3.63) is 136 Å². The Hall–Kier alpha value is -9.15. The molecule has 10 rings (SSSR count). The Kier molecular flexibility index (Phi) is 20.3. The average Bonchev–Trinajstić information content (AvgIpc) is 1.72. The monoisotopic (exact) mass is 1260 g/mol. The molecule has 6 heterocycles. The third kappa shape index (κ3) is 14.9. The van der Waals surface area contributed by atoms with E-state index in [0.29, 0.717) is 72.7 Å². The first-order valence-electron chi connectivity index (χ1n) is 30.4. The van der Waals surface area contributed by atoms with Gasteiger partial charge in [-0.2, -0.15) is 0 Å². The Morgan fingerprint density at radius 2 is 1.44 bits per heavy atom. The standard InChI is InChI=1S/C67H72ClN9O12S/c1-39(2)62(73-57(81)15-5-4-10-24-76-58(82)22-23-59(76)83)54(79)33-44(12-7-9-14-56(69)80)64(84)70-47-19-16-41(17-20-47)37-88-66(86)74-25-27-75(28-26-74)67(87)89-55-34-52-61(60-40(3)38-90-63(55)60)46(35-68)36-77(52)65(85)51-32-45-29-42(18-21-49(45)72-51)30-53(78)50-31-43-11-6-8-13-48(43)71-50/h6,8,11,13,16-23,29,31-32,34,38-39,44,46,62,71-72H,4-5,7,9-10,12,14-15,24-28,30,33,35-37H2,1-3H3,(H2,69,80)(H,70,84)(H,73,81)/t44-,46+,62+/m1/s1. The molecule has 0 spiro atoms. The molecule has 7 aromatic rings. The van der Waals surface area contributed by atoms with Gasteiger partial charge in [-0.25, -0.2) is 9.59 Å². The van der Waals surface area contributed by atoms with Crippen molar-refractivity contribution in [2.24, 2.45) is 17.6 Å². The number of nitrogens with zero attached hydrogens (tertiary/aromatic N) is 4. The maximum absolute atomic E-state index is 14.6. The summed E-state index contributed by atoms with van der Waals surface area (Å²) in [7, 11) is 0. The van der Waals surface area contributed by atoms with E-state index in [1.54, 1.807) is 41.3 Å². The molecule has 90 heavy (non-hydrogen) atoms. The fourth-order valence-electron chi connectivity index (χ4n) is 11.9. The van der Waals surface area contributed by atoms with Gasteiger partial charge in [0.2, 0.25) is 17.7 Å². The van der Waals surface area contributed by atoms with Crippen molar-refractivity contribution >= 4 is 125 Å². The number of hydrogen-bond donors (Lipinski definition) is 5. The van der Waals surface area contributed by atoms with Crippen LogP contribution in [0.4, 0.5) is 21.0 Å². The van der Waals surface area contributed by atoms with Gasteiger partial charge < -0.3 is 50.5 Å². The number of ketones is 2. The number of hydrogen-bond acceptors (Lipinski definition) is 13. The minimum absolute atomic E-state index is 0.0521. The Balaban J connectivity index is 0.706. The number of thiophene rings is 1. The number of Topliss-reactive ketones (excluding diaryl/α,β-unsaturated/α-hetero) is 2. The summed E-state index contributed by atoms with van der Waals surface area (Å²) in [5, 5.41) is 10.3. The van der Waals surface area contributed by atoms with E-state index in [-0.39, 0.29) is 124 Å². The van der Waals surface area contributed by atoms with E-state index in [9.17, 15) is 47.9 Å². The number of primary amides is 1. The maximum atomic E-state index is 14.6. The zero-order chi connectivity index (χ0) is 63.8. The van der Waals surface area contributed by atoms with Gasteiger partial charge in [-0.05, 0) is 109 Å². The van der Waals surface area contributed by atoms with Gasteiger partial charge >= 0.3 is 12.2 Å². The largest absolute Gasteiger partial charge is 0.445 e. The summed E-state index contributed by atoms with van der Waals surface area (Å²) < 4.78 is 12.6. The molecule has 1 fully saturated rings. The third-order valence-electron chi connectivity index (χ3n) is 16.8. The number of halogens is 1. The molecule has 6 N–H and O–H groups in total. The normalized spacial score (nSPS) is 15.5. The summed E-state index contributed by atoms with van der Waals surface area (Å²) >= 11 is 8.07. The molecule has 3 atom stereocenters. The van der Waals surface area contributed by atoms with Gasteiger partial charge in [-0.1, -0.05) is 63.1 Å². The van der Waals surface area contributed by atoms with Crippen molar-refractivity contribution in [3.63, 3.8) is 0 Å². The summed E-state index contributed by atoms with van der Waals surface area (Å²) in [5.41, 5.74) is 12.2. The highest BCUT2D eigenvalue weighted by Gasteiger charge is 2.38. The van der Waals surface area contributed by atoms with Gasteiger partial charge in [0.15, 0.2) is 17.3 Å². The van der Waals surface area contributed by atoms with Crippen molar-refractivity contribution < 1.29 is 57.4 Å². The lowest BCUT2D eigenvalue weighted by Crippen LogP contribution is -2.51. The summed E-state index contributed by atoms with van der Waals surface area (Å²) in [5.74, 6) is -3.29. The Labute approximate surface area is 528 Å². The van der Waals surface area contributed by atoms with Crippen LogP contribution < -0.4 is 26.0 Å². The van der Waals surface area contributed by atoms with Crippen molar-refractivity contribution in [2.45, 2.75) is 104 Å².